The van der Waals surface area contributed by atoms with Crippen LogP contribution in [0.3, 0.4) is 0 Å². The summed E-state index contributed by atoms with van der Waals surface area (Å²) in [5.74, 6) is -0.632. The number of benzene rings is 1. The Kier molecular flexibility index (Phi) is 4.56. The van der Waals surface area contributed by atoms with E-state index in [0.717, 1.165) is 5.56 Å². The Hall–Kier alpha value is -1.09. The zero-order valence-corrected chi connectivity index (χ0v) is 9.13. The molecule has 0 radical (unpaired) electrons. The minimum Gasteiger partial charge on any atom is -0.446 e. The fourth-order valence-electron chi connectivity index (χ4n) is 1.07. The number of halogens is 2. The first-order valence-electron chi connectivity index (χ1n) is 4.69. The van der Waals surface area contributed by atoms with Crippen LogP contribution in [-0.4, -0.2) is 11.5 Å². The number of hydrogen-bond donors (Lipinski definition) is 0. The predicted molar refractivity (Wildman–Crippen MR) is 56.1 cm³/mol. The lowest BCUT2D eigenvalue weighted by Crippen LogP contribution is -2.14. The van der Waals surface area contributed by atoms with Crippen LogP contribution in [0.4, 0.5) is 4.39 Å². The van der Waals surface area contributed by atoms with Crippen molar-refractivity contribution >= 4 is 17.6 Å². The molecule has 0 aromatic heterocycles. The van der Waals surface area contributed by atoms with E-state index in [1.807, 2.05) is 0 Å². The Morgan fingerprint density at radius 2 is 2.07 bits per heavy atom. The summed E-state index contributed by atoms with van der Waals surface area (Å²) in [7, 11) is 0. The van der Waals surface area contributed by atoms with Crippen LogP contribution in [0, 0.1) is 5.82 Å². The lowest BCUT2D eigenvalue weighted by molar-refractivity contribution is -0.144. The van der Waals surface area contributed by atoms with E-state index in [1.54, 1.807) is 19.1 Å². The minimum absolute atomic E-state index is 0.296. The molecule has 82 valence electrons. The number of carbonyl (C=O) groups is 1. The van der Waals surface area contributed by atoms with E-state index in [9.17, 15) is 9.18 Å². The quantitative estimate of drug-likeness (QED) is 0.587. The molecule has 0 saturated carbocycles. The molecule has 4 heteroatoms. The molecule has 0 aliphatic carbocycles. The van der Waals surface area contributed by atoms with Crippen molar-refractivity contribution in [2.45, 2.75) is 25.3 Å². The second kappa shape index (κ2) is 5.71. The van der Waals surface area contributed by atoms with E-state index in [-0.39, 0.29) is 11.8 Å². The summed E-state index contributed by atoms with van der Waals surface area (Å²) in [5.41, 5.74) is 0.142. The van der Waals surface area contributed by atoms with Crippen molar-refractivity contribution in [1.29, 1.82) is 0 Å². The maximum absolute atomic E-state index is 12.6. The highest BCUT2D eigenvalue weighted by atomic mass is 35.5. The third kappa shape index (κ3) is 4.30. The molecule has 1 rings (SSSR count). The molecule has 1 atom stereocenters. The molecule has 0 N–H and O–H groups in total. The number of alkyl halides is 1. The van der Waals surface area contributed by atoms with Crippen molar-refractivity contribution < 1.29 is 13.9 Å². The molecule has 0 saturated heterocycles. The zero-order valence-electron chi connectivity index (χ0n) is 8.37. The van der Waals surface area contributed by atoms with Gasteiger partial charge in [0.2, 0.25) is 0 Å². The van der Waals surface area contributed by atoms with E-state index in [2.05, 4.69) is 0 Å². The van der Waals surface area contributed by atoms with E-state index in [0.29, 0.717) is 12.8 Å². The molecule has 1 aromatic rings. The molecular formula is C11H12ClFO2. The summed E-state index contributed by atoms with van der Waals surface area (Å²) >= 11 is 5.79. The average Bonchev–Trinajstić information content (AvgIpc) is 2.21. The number of esters is 1. The van der Waals surface area contributed by atoms with Crippen molar-refractivity contribution in [3.05, 3.63) is 35.6 Å². The standard InChI is InChI=1S/C11H12ClFO2/c1-2-11(14)15-10(12)7-8-3-5-9(13)6-4-8/h3-6,10H,2,7H2,1H3. The highest BCUT2D eigenvalue weighted by Crippen LogP contribution is 2.11. The van der Waals surface area contributed by atoms with Gasteiger partial charge in [0.15, 0.2) is 5.56 Å². The number of ether oxygens (including phenoxy) is 1. The third-order valence-electron chi connectivity index (χ3n) is 1.86. The van der Waals surface area contributed by atoms with Gasteiger partial charge >= 0.3 is 5.97 Å². The van der Waals surface area contributed by atoms with Gasteiger partial charge < -0.3 is 4.74 Å². The maximum atomic E-state index is 12.6. The van der Waals surface area contributed by atoms with E-state index in [1.165, 1.54) is 12.1 Å². The van der Waals surface area contributed by atoms with Gasteiger partial charge in [-0.2, -0.15) is 0 Å². The molecule has 0 spiro atoms. The minimum atomic E-state index is -0.692. The normalized spacial score (nSPS) is 12.2. The number of rotatable bonds is 4. The van der Waals surface area contributed by atoms with Crippen molar-refractivity contribution in [1.82, 2.24) is 0 Å². The van der Waals surface area contributed by atoms with Crippen LogP contribution in [0.2, 0.25) is 0 Å². The average molecular weight is 231 g/mol. The molecule has 15 heavy (non-hydrogen) atoms. The summed E-state index contributed by atoms with van der Waals surface area (Å²) in [6.07, 6.45) is 0.681. The second-order valence-electron chi connectivity index (χ2n) is 3.08. The lowest BCUT2D eigenvalue weighted by atomic mass is 10.1. The van der Waals surface area contributed by atoms with Gasteiger partial charge in [-0.25, -0.2) is 4.39 Å². The molecule has 0 heterocycles. The van der Waals surface area contributed by atoms with Crippen LogP contribution in [-0.2, 0) is 16.0 Å². The Bertz CT molecular complexity index is 324. The first-order chi connectivity index (χ1) is 7.11. The fraction of sp³-hybridized carbons (Fsp3) is 0.364. The molecule has 0 aliphatic rings. The van der Waals surface area contributed by atoms with E-state index >= 15 is 0 Å². The Morgan fingerprint density at radius 1 is 1.47 bits per heavy atom. The summed E-state index contributed by atoms with van der Waals surface area (Å²) < 4.78 is 17.4. The van der Waals surface area contributed by atoms with Gasteiger partial charge in [-0.3, -0.25) is 4.79 Å². The van der Waals surface area contributed by atoms with Crippen molar-refractivity contribution in [3.63, 3.8) is 0 Å². The summed E-state index contributed by atoms with van der Waals surface area (Å²) in [6.45, 7) is 1.70. The van der Waals surface area contributed by atoms with Gasteiger partial charge in [-0.1, -0.05) is 30.7 Å². The van der Waals surface area contributed by atoms with Crippen molar-refractivity contribution in [2.75, 3.05) is 0 Å². The highest BCUT2D eigenvalue weighted by Gasteiger charge is 2.10. The second-order valence-corrected chi connectivity index (χ2v) is 3.57. The van der Waals surface area contributed by atoms with Crippen LogP contribution in [0.15, 0.2) is 24.3 Å². The summed E-state index contributed by atoms with van der Waals surface area (Å²) in [4.78, 5) is 10.9. The largest absolute Gasteiger partial charge is 0.446 e. The molecule has 1 unspecified atom stereocenters. The molecule has 1 aromatic carbocycles. The van der Waals surface area contributed by atoms with Gasteiger partial charge in [0.25, 0.3) is 0 Å². The monoisotopic (exact) mass is 230 g/mol. The zero-order chi connectivity index (χ0) is 11.3. The van der Waals surface area contributed by atoms with Gasteiger partial charge in [0.1, 0.15) is 5.82 Å². The van der Waals surface area contributed by atoms with Gasteiger partial charge in [-0.15, -0.1) is 0 Å². The van der Waals surface area contributed by atoms with E-state index in [4.69, 9.17) is 16.3 Å². The predicted octanol–water partition coefficient (Wildman–Crippen LogP) is 2.89. The highest BCUT2D eigenvalue weighted by molar-refractivity contribution is 6.20. The molecule has 0 amide bonds. The molecular weight excluding hydrogens is 219 g/mol. The Labute approximate surface area is 93.0 Å². The van der Waals surface area contributed by atoms with Crippen LogP contribution < -0.4 is 0 Å². The number of carbonyl (C=O) groups excluding carboxylic acids is 1. The number of hydrogen-bond acceptors (Lipinski definition) is 2. The van der Waals surface area contributed by atoms with Crippen LogP contribution in [0.1, 0.15) is 18.9 Å². The summed E-state index contributed by atoms with van der Waals surface area (Å²) in [5, 5.41) is 0. The van der Waals surface area contributed by atoms with Gasteiger partial charge in [-0.05, 0) is 17.7 Å². The SMILES string of the molecule is CCC(=O)OC(Cl)Cc1ccc(F)cc1. The molecule has 2 nitrogen and oxygen atoms in total. The van der Waals surface area contributed by atoms with Gasteiger partial charge in [0.05, 0.1) is 0 Å². The fourth-order valence-corrected chi connectivity index (χ4v) is 1.35. The van der Waals surface area contributed by atoms with Crippen molar-refractivity contribution in [2.24, 2.45) is 0 Å². The first kappa shape index (κ1) is 12.0. The van der Waals surface area contributed by atoms with Crippen molar-refractivity contribution in [3.8, 4) is 0 Å². The maximum Gasteiger partial charge on any atom is 0.306 e. The molecule has 0 fully saturated rings. The Morgan fingerprint density at radius 3 is 2.60 bits per heavy atom. The van der Waals surface area contributed by atoms with Crippen LogP contribution in [0.25, 0.3) is 0 Å². The van der Waals surface area contributed by atoms with Crippen LogP contribution >= 0.6 is 11.6 Å². The van der Waals surface area contributed by atoms with E-state index < -0.39 is 5.56 Å². The van der Waals surface area contributed by atoms with Gasteiger partial charge in [0, 0.05) is 12.8 Å². The van der Waals surface area contributed by atoms with Crippen LogP contribution in [0.5, 0.6) is 0 Å². The smallest absolute Gasteiger partial charge is 0.306 e. The Balaban J connectivity index is 2.47. The first-order valence-corrected chi connectivity index (χ1v) is 5.13. The topological polar surface area (TPSA) is 26.3 Å². The summed E-state index contributed by atoms with van der Waals surface area (Å²) in [6, 6.07) is 5.93. The molecule has 0 aliphatic heterocycles. The lowest BCUT2D eigenvalue weighted by Gasteiger charge is -2.10. The molecule has 0 bridgehead atoms. The third-order valence-corrected chi connectivity index (χ3v) is 2.10.